The van der Waals surface area contributed by atoms with Gasteiger partial charge in [0.25, 0.3) is 5.22 Å². The molecule has 0 saturated carbocycles. The minimum absolute atomic E-state index is 0.0409. The van der Waals surface area contributed by atoms with E-state index in [4.69, 9.17) is 4.42 Å². The smallest absolute Gasteiger partial charge is 0.277 e. The molecule has 8 heteroatoms. The molecule has 0 aliphatic heterocycles. The number of nitrogens with zero attached hydrogens (tertiary/aromatic N) is 4. The number of hydrogen-bond donors (Lipinski definition) is 0. The largest absolute Gasteiger partial charge is 0.411 e. The fourth-order valence-corrected chi connectivity index (χ4v) is 4.78. The molecule has 31 heavy (non-hydrogen) atoms. The van der Waals surface area contributed by atoms with Gasteiger partial charge in [-0.3, -0.25) is 9.69 Å². The van der Waals surface area contributed by atoms with Crippen molar-refractivity contribution in [3.63, 3.8) is 0 Å². The molecule has 4 rings (SSSR count). The highest BCUT2D eigenvalue weighted by atomic mass is 32.2. The van der Waals surface area contributed by atoms with E-state index in [1.165, 1.54) is 28.7 Å². The predicted octanol–water partition coefficient (Wildman–Crippen LogP) is 5.79. The summed E-state index contributed by atoms with van der Waals surface area (Å²) in [5.41, 5.74) is 3.10. The number of thiazole rings is 1. The monoisotopic (exact) mass is 452 g/mol. The van der Waals surface area contributed by atoms with Gasteiger partial charge in [0.1, 0.15) is 0 Å². The summed E-state index contributed by atoms with van der Waals surface area (Å²) < 4.78 is 6.83. The van der Waals surface area contributed by atoms with E-state index >= 15 is 0 Å². The Hall–Kier alpha value is -2.71. The van der Waals surface area contributed by atoms with Crippen molar-refractivity contribution in [1.82, 2.24) is 15.2 Å². The third-order valence-corrected chi connectivity index (χ3v) is 6.72. The number of carbonyl (C=O) groups is 1. The summed E-state index contributed by atoms with van der Waals surface area (Å²) in [6, 6.07) is 16.0. The normalized spacial score (nSPS) is 11.7. The van der Waals surface area contributed by atoms with Crippen molar-refractivity contribution in [3.05, 3.63) is 54.1 Å². The van der Waals surface area contributed by atoms with Gasteiger partial charge in [0.05, 0.1) is 16.0 Å². The molecule has 1 amide bonds. The lowest BCUT2D eigenvalue weighted by molar-refractivity contribution is -0.116. The van der Waals surface area contributed by atoms with Crippen LogP contribution in [0.2, 0.25) is 0 Å². The first-order valence-electron chi connectivity index (χ1n) is 10.1. The SMILES string of the molecule is CCN(C(=O)CSc1nnc(-c2ccc(C(C)(C)C)cc2)o1)c1nc2ccccc2s1. The number of thioether (sulfide) groups is 1. The van der Waals surface area contributed by atoms with Crippen molar-refractivity contribution in [1.29, 1.82) is 0 Å². The maximum absolute atomic E-state index is 12.8. The lowest BCUT2D eigenvalue weighted by Gasteiger charge is -2.18. The highest BCUT2D eigenvalue weighted by Gasteiger charge is 2.20. The van der Waals surface area contributed by atoms with Crippen LogP contribution in [-0.4, -0.2) is 33.4 Å². The van der Waals surface area contributed by atoms with Gasteiger partial charge in [-0.05, 0) is 42.2 Å². The molecule has 0 N–H and O–H groups in total. The Morgan fingerprint density at radius 3 is 2.52 bits per heavy atom. The summed E-state index contributed by atoms with van der Waals surface area (Å²) >= 11 is 2.76. The van der Waals surface area contributed by atoms with Crippen LogP contribution < -0.4 is 4.90 Å². The van der Waals surface area contributed by atoms with Crippen LogP contribution in [0.1, 0.15) is 33.3 Å². The van der Waals surface area contributed by atoms with E-state index < -0.39 is 0 Å². The van der Waals surface area contributed by atoms with E-state index in [0.717, 1.165) is 15.8 Å². The predicted molar refractivity (Wildman–Crippen MR) is 127 cm³/mol. The molecular weight excluding hydrogens is 428 g/mol. The van der Waals surface area contributed by atoms with Crippen molar-refractivity contribution in [3.8, 4) is 11.5 Å². The molecule has 0 aliphatic rings. The van der Waals surface area contributed by atoms with Crippen molar-refractivity contribution < 1.29 is 9.21 Å². The molecule has 0 atom stereocenters. The Kier molecular flexibility index (Phi) is 6.11. The quantitative estimate of drug-likeness (QED) is 0.345. The van der Waals surface area contributed by atoms with Gasteiger partial charge in [-0.1, -0.05) is 68.1 Å². The van der Waals surface area contributed by atoms with Gasteiger partial charge in [-0.25, -0.2) is 4.98 Å². The number of amides is 1. The Balaban J connectivity index is 1.42. The number of carbonyl (C=O) groups excluding carboxylic acids is 1. The van der Waals surface area contributed by atoms with Crippen LogP contribution in [0.3, 0.4) is 0 Å². The molecule has 0 aliphatic carbocycles. The molecule has 4 aromatic rings. The Morgan fingerprint density at radius 1 is 1.10 bits per heavy atom. The maximum atomic E-state index is 12.8. The molecule has 2 aromatic heterocycles. The first kappa shape index (κ1) is 21.5. The van der Waals surface area contributed by atoms with E-state index in [1.807, 2.05) is 43.3 Å². The van der Waals surface area contributed by atoms with Gasteiger partial charge < -0.3 is 4.42 Å². The lowest BCUT2D eigenvalue weighted by atomic mass is 9.87. The fourth-order valence-electron chi connectivity index (χ4n) is 3.09. The van der Waals surface area contributed by atoms with Gasteiger partial charge in [-0.15, -0.1) is 10.2 Å². The van der Waals surface area contributed by atoms with Crippen LogP contribution in [-0.2, 0) is 10.2 Å². The zero-order valence-electron chi connectivity index (χ0n) is 18.0. The first-order valence-corrected chi connectivity index (χ1v) is 11.9. The molecule has 0 spiro atoms. The second kappa shape index (κ2) is 8.80. The summed E-state index contributed by atoms with van der Waals surface area (Å²) in [6.45, 7) is 9.02. The number of benzene rings is 2. The molecule has 0 fully saturated rings. The summed E-state index contributed by atoms with van der Waals surface area (Å²) in [7, 11) is 0. The number of para-hydroxylation sites is 1. The van der Waals surface area contributed by atoms with E-state index in [9.17, 15) is 4.79 Å². The van der Waals surface area contributed by atoms with Gasteiger partial charge >= 0.3 is 0 Å². The van der Waals surface area contributed by atoms with Crippen LogP contribution >= 0.6 is 23.1 Å². The summed E-state index contributed by atoms with van der Waals surface area (Å²) in [5, 5.41) is 9.31. The van der Waals surface area contributed by atoms with Crippen molar-refractivity contribution >= 4 is 44.4 Å². The summed E-state index contributed by atoms with van der Waals surface area (Å²) in [5.74, 6) is 0.615. The van der Waals surface area contributed by atoms with Gasteiger partial charge in [0, 0.05) is 12.1 Å². The molecule has 2 aromatic carbocycles. The fraction of sp³-hybridized carbons (Fsp3) is 0.304. The Bertz CT molecular complexity index is 1160. The van der Waals surface area contributed by atoms with Crippen LogP contribution in [0.15, 0.2) is 58.2 Å². The van der Waals surface area contributed by atoms with E-state index in [0.29, 0.717) is 22.8 Å². The lowest BCUT2D eigenvalue weighted by Crippen LogP contribution is -2.32. The highest BCUT2D eigenvalue weighted by Crippen LogP contribution is 2.30. The van der Waals surface area contributed by atoms with Crippen LogP contribution in [0.5, 0.6) is 0 Å². The van der Waals surface area contributed by atoms with Crippen molar-refractivity contribution in [2.45, 2.75) is 38.3 Å². The molecular formula is C23H24N4O2S2. The average Bonchev–Trinajstić information content (AvgIpc) is 3.39. The number of anilines is 1. The van der Waals surface area contributed by atoms with Gasteiger partial charge in [-0.2, -0.15) is 0 Å². The number of rotatable bonds is 6. The second-order valence-electron chi connectivity index (χ2n) is 8.09. The standard InChI is InChI=1S/C23H24N4O2S2/c1-5-27(21-24-17-8-6-7-9-18(17)31-21)19(28)14-30-22-26-25-20(29-22)15-10-12-16(13-11-15)23(2,3)4/h6-13H,5,14H2,1-4H3. The summed E-state index contributed by atoms with van der Waals surface area (Å²) in [4.78, 5) is 19.1. The first-order chi connectivity index (χ1) is 14.8. The van der Waals surface area contributed by atoms with E-state index in [2.05, 4.69) is 48.1 Å². The molecule has 2 heterocycles. The van der Waals surface area contributed by atoms with Crippen molar-refractivity contribution in [2.24, 2.45) is 0 Å². The minimum Gasteiger partial charge on any atom is -0.411 e. The third-order valence-electron chi connectivity index (χ3n) is 4.85. The van der Waals surface area contributed by atoms with E-state index in [1.54, 1.807) is 4.90 Å². The molecule has 0 unspecified atom stereocenters. The molecule has 0 bridgehead atoms. The maximum Gasteiger partial charge on any atom is 0.277 e. The highest BCUT2D eigenvalue weighted by molar-refractivity contribution is 7.99. The second-order valence-corrected chi connectivity index (χ2v) is 10.0. The Morgan fingerprint density at radius 2 is 1.84 bits per heavy atom. The van der Waals surface area contributed by atoms with Crippen LogP contribution in [0.4, 0.5) is 5.13 Å². The number of aromatic nitrogens is 3. The zero-order valence-corrected chi connectivity index (χ0v) is 19.6. The average molecular weight is 453 g/mol. The molecule has 0 radical (unpaired) electrons. The molecule has 6 nitrogen and oxygen atoms in total. The summed E-state index contributed by atoms with van der Waals surface area (Å²) in [6.07, 6.45) is 0. The topological polar surface area (TPSA) is 72.1 Å². The Labute approximate surface area is 189 Å². The van der Waals surface area contributed by atoms with Crippen molar-refractivity contribution in [2.75, 3.05) is 17.2 Å². The van der Waals surface area contributed by atoms with Crippen LogP contribution in [0, 0.1) is 0 Å². The van der Waals surface area contributed by atoms with Crippen LogP contribution in [0.25, 0.3) is 21.7 Å². The number of hydrogen-bond acceptors (Lipinski definition) is 7. The molecule has 160 valence electrons. The zero-order chi connectivity index (χ0) is 22.0. The molecule has 0 saturated heterocycles. The van der Waals surface area contributed by atoms with Gasteiger partial charge in [0.15, 0.2) is 5.13 Å². The third kappa shape index (κ3) is 4.80. The van der Waals surface area contributed by atoms with Gasteiger partial charge in [0.2, 0.25) is 11.8 Å². The number of fused-ring (bicyclic) bond motifs is 1. The van der Waals surface area contributed by atoms with E-state index in [-0.39, 0.29) is 17.1 Å². The minimum atomic E-state index is -0.0409.